The molecule has 2 N–H and O–H groups in total. The number of aliphatic hydroxyl groups excluding tert-OH is 1. The Kier molecular flexibility index (Phi) is 10.1. The Balaban J connectivity index is 4.76. The Morgan fingerprint density at radius 2 is 1.96 bits per heavy atom. The van der Waals surface area contributed by atoms with Crippen molar-refractivity contribution in [3.63, 3.8) is 0 Å². The molecule has 0 bridgehead atoms. The third-order valence-electron chi connectivity index (χ3n) is 3.00. The summed E-state index contributed by atoms with van der Waals surface area (Å²) in [7, 11) is 0.936. The van der Waals surface area contributed by atoms with Crippen molar-refractivity contribution < 1.29 is 38.1 Å². The van der Waals surface area contributed by atoms with Crippen LogP contribution in [-0.2, 0) is 18.5 Å². The predicted molar refractivity (Wildman–Crippen MR) is 82.3 cm³/mol. The van der Waals surface area contributed by atoms with E-state index in [0.717, 1.165) is 17.9 Å². The van der Waals surface area contributed by atoms with Crippen LogP contribution < -0.4 is 4.89 Å². The van der Waals surface area contributed by atoms with Crippen LogP contribution in [0.25, 0.3) is 0 Å². The van der Waals surface area contributed by atoms with Gasteiger partial charge in [0.2, 0.25) is 0 Å². The van der Waals surface area contributed by atoms with E-state index in [1.807, 2.05) is 28.1 Å². The Morgan fingerprint density at radius 3 is 2.39 bits per heavy atom. The van der Waals surface area contributed by atoms with Crippen LogP contribution >= 0.6 is 7.82 Å². The number of rotatable bonds is 13. The number of carbonyl (C=O) groups is 1. The number of aliphatic hydroxyl groups is 1. The van der Waals surface area contributed by atoms with Crippen molar-refractivity contribution in [1.82, 2.24) is 5.06 Å². The van der Waals surface area contributed by atoms with Crippen molar-refractivity contribution >= 4 is 13.8 Å². The molecule has 0 aromatic carbocycles. The molecule has 0 aromatic rings. The number of hydrogen-bond donors (Lipinski definition) is 2. The number of nitrogens with zero attached hydrogens (tertiary/aromatic N) is 2. The SMILES string of the molecule is CCCCCN(OP(=O)([O-])OCC[N+](C)(C)C)[C@H](CO)C(=O)O. The Bertz CT molecular complexity index is 400. The molecule has 0 amide bonds. The van der Waals surface area contributed by atoms with Gasteiger partial charge in [-0.05, 0) is 6.42 Å². The molecule has 0 spiro atoms. The summed E-state index contributed by atoms with van der Waals surface area (Å²) in [6, 6.07) is -1.46. The van der Waals surface area contributed by atoms with Crippen molar-refractivity contribution in [1.29, 1.82) is 0 Å². The van der Waals surface area contributed by atoms with Crippen LogP contribution in [0.3, 0.4) is 0 Å². The first-order valence-corrected chi connectivity index (χ1v) is 9.04. The maximum atomic E-state index is 11.9. The first-order chi connectivity index (χ1) is 10.5. The molecule has 138 valence electrons. The molecule has 0 aliphatic carbocycles. The number of phosphoric acid groups is 1. The van der Waals surface area contributed by atoms with Gasteiger partial charge in [0.25, 0.3) is 7.82 Å². The highest BCUT2D eigenvalue weighted by Gasteiger charge is 2.29. The highest BCUT2D eigenvalue weighted by molar-refractivity contribution is 7.45. The molecule has 0 radical (unpaired) electrons. The predicted octanol–water partition coefficient (Wildman–Crippen LogP) is 0.0469. The lowest BCUT2D eigenvalue weighted by Gasteiger charge is -2.33. The van der Waals surface area contributed by atoms with E-state index >= 15 is 0 Å². The molecule has 0 fully saturated rings. The minimum Gasteiger partial charge on any atom is -0.755 e. The summed E-state index contributed by atoms with van der Waals surface area (Å²) in [5.74, 6) is -1.37. The Hall–Kier alpha value is -0.540. The number of carboxylic acids is 1. The number of hydrogen-bond acceptors (Lipinski definition) is 7. The van der Waals surface area contributed by atoms with Gasteiger partial charge in [0.1, 0.15) is 13.2 Å². The third-order valence-corrected chi connectivity index (χ3v) is 3.91. The normalized spacial score (nSPS) is 16.3. The van der Waals surface area contributed by atoms with Crippen molar-refractivity contribution in [2.24, 2.45) is 0 Å². The van der Waals surface area contributed by atoms with Gasteiger partial charge in [-0.1, -0.05) is 19.8 Å². The van der Waals surface area contributed by atoms with Gasteiger partial charge in [-0.2, -0.15) is 5.06 Å². The van der Waals surface area contributed by atoms with Crippen molar-refractivity contribution in [3.8, 4) is 0 Å². The average Bonchev–Trinajstić information content (AvgIpc) is 2.36. The van der Waals surface area contributed by atoms with Crippen LogP contribution in [0.4, 0.5) is 0 Å². The van der Waals surface area contributed by atoms with Crippen LogP contribution in [-0.4, -0.2) is 79.2 Å². The van der Waals surface area contributed by atoms with Gasteiger partial charge >= 0.3 is 5.97 Å². The monoisotopic (exact) mass is 356 g/mol. The molecule has 0 aliphatic heterocycles. The number of unbranched alkanes of at least 4 members (excludes halogenated alkanes) is 2. The third kappa shape index (κ3) is 10.8. The summed E-state index contributed by atoms with van der Waals surface area (Å²) < 4.78 is 21.9. The first-order valence-electron chi connectivity index (χ1n) is 7.58. The molecule has 0 saturated heterocycles. The van der Waals surface area contributed by atoms with Gasteiger partial charge in [0.15, 0.2) is 6.04 Å². The van der Waals surface area contributed by atoms with Gasteiger partial charge in [-0.3, -0.25) is 9.36 Å². The number of aliphatic carboxylic acids is 1. The van der Waals surface area contributed by atoms with E-state index in [1.54, 1.807) is 0 Å². The molecule has 0 aromatic heterocycles. The largest absolute Gasteiger partial charge is 0.755 e. The average molecular weight is 356 g/mol. The second-order valence-corrected chi connectivity index (χ2v) is 7.58. The van der Waals surface area contributed by atoms with Gasteiger partial charge in [-0.15, -0.1) is 0 Å². The lowest BCUT2D eigenvalue weighted by atomic mass is 10.2. The van der Waals surface area contributed by atoms with Gasteiger partial charge in [0, 0.05) is 6.54 Å². The summed E-state index contributed by atoms with van der Waals surface area (Å²) in [5.41, 5.74) is 0. The Morgan fingerprint density at radius 1 is 1.35 bits per heavy atom. The summed E-state index contributed by atoms with van der Waals surface area (Å²) in [6.07, 6.45) is 2.20. The zero-order valence-corrected chi connectivity index (χ0v) is 15.2. The van der Waals surface area contributed by atoms with Gasteiger partial charge < -0.3 is 24.1 Å². The van der Waals surface area contributed by atoms with Crippen LogP contribution in [0.15, 0.2) is 0 Å². The fourth-order valence-corrected chi connectivity index (χ4v) is 2.45. The standard InChI is InChI=1S/C13H29N2O7P/c1-5-6-7-8-14(12(11-16)13(17)18)22-23(19,20)21-10-9-15(2,3)4/h12,16H,5-11H2,1-4H3,(H-,17,18,19,20)/t12-/m1/s1. The zero-order valence-electron chi connectivity index (χ0n) is 14.3. The molecule has 0 heterocycles. The number of quaternary nitrogens is 1. The molecular formula is C13H29N2O7P. The molecular weight excluding hydrogens is 327 g/mol. The van der Waals surface area contributed by atoms with Crippen LogP contribution in [0, 0.1) is 0 Å². The fraction of sp³-hybridized carbons (Fsp3) is 0.923. The van der Waals surface area contributed by atoms with Crippen LogP contribution in [0.5, 0.6) is 0 Å². The van der Waals surface area contributed by atoms with E-state index in [0.29, 0.717) is 17.4 Å². The number of phosphoric ester groups is 1. The maximum absolute atomic E-state index is 11.9. The molecule has 10 heteroatoms. The van der Waals surface area contributed by atoms with E-state index in [4.69, 9.17) is 19.4 Å². The molecule has 1 unspecified atom stereocenters. The highest BCUT2D eigenvalue weighted by Crippen LogP contribution is 2.40. The lowest BCUT2D eigenvalue weighted by molar-refractivity contribution is -0.870. The topological polar surface area (TPSA) is 119 Å². The van der Waals surface area contributed by atoms with E-state index in [2.05, 4.69) is 0 Å². The van der Waals surface area contributed by atoms with Gasteiger partial charge in [0.05, 0.1) is 27.7 Å². The maximum Gasteiger partial charge on any atom is 0.325 e. The molecule has 0 aliphatic rings. The van der Waals surface area contributed by atoms with Crippen molar-refractivity contribution in [3.05, 3.63) is 0 Å². The summed E-state index contributed by atoms with van der Waals surface area (Å²) in [4.78, 5) is 23.0. The van der Waals surface area contributed by atoms with E-state index < -0.39 is 26.4 Å². The van der Waals surface area contributed by atoms with Crippen molar-refractivity contribution in [2.75, 3.05) is 47.4 Å². The zero-order chi connectivity index (χ0) is 18.1. The number of likely N-dealkylation sites (N-methyl/N-ethyl adjacent to an activating group) is 1. The highest BCUT2D eigenvalue weighted by atomic mass is 31.2. The van der Waals surface area contributed by atoms with Crippen molar-refractivity contribution in [2.45, 2.75) is 32.2 Å². The van der Waals surface area contributed by atoms with Gasteiger partial charge in [-0.25, -0.2) is 4.62 Å². The lowest BCUT2D eigenvalue weighted by Crippen LogP contribution is -2.44. The summed E-state index contributed by atoms with van der Waals surface area (Å²) in [6.45, 7) is 1.62. The Labute approximate surface area is 137 Å². The van der Waals surface area contributed by atoms with E-state index in [-0.39, 0.29) is 13.2 Å². The van der Waals surface area contributed by atoms with Crippen LogP contribution in [0.1, 0.15) is 26.2 Å². The summed E-state index contributed by atoms with van der Waals surface area (Å²) >= 11 is 0. The molecule has 23 heavy (non-hydrogen) atoms. The summed E-state index contributed by atoms with van der Waals surface area (Å²) in [5, 5.41) is 19.0. The molecule has 0 rings (SSSR count). The number of carboxylic acid groups (broad SMARTS) is 1. The smallest absolute Gasteiger partial charge is 0.325 e. The first kappa shape index (κ1) is 22.5. The molecule has 2 atom stereocenters. The molecule has 9 nitrogen and oxygen atoms in total. The fourth-order valence-electron chi connectivity index (χ4n) is 1.64. The minimum atomic E-state index is -4.70. The quantitative estimate of drug-likeness (QED) is 0.206. The second-order valence-electron chi connectivity index (χ2n) is 6.26. The molecule has 0 saturated carbocycles. The van der Waals surface area contributed by atoms with Crippen LogP contribution in [0.2, 0.25) is 0 Å². The minimum absolute atomic E-state index is 0.0658. The van der Waals surface area contributed by atoms with E-state index in [1.165, 1.54) is 0 Å². The number of hydroxylamine groups is 2. The second kappa shape index (κ2) is 10.4. The van der Waals surface area contributed by atoms with E-state index in [9.17, 15) is 14.3 Å².